The summed E-state index contributed by atoms with van der Waals surface area (Å²) in [4.78, 5) is 16.8. The molecule has 2 aliphatic rings. The average molecular weight is 426 g/mol. The van der Waals surface area contributed by atoms with Gasteiger partial charge in [-0.15, -0.1) is 0 Å². The summed E-state index contributed by atoms with van der Waals surface area (Å²) >= 11 is 5.88. The lowest BCUT2D eigenvalue weighted by atomic mass is 10.1. The number of fused-ring (bicyclic) bond motifs is 1. The van der Waals surface area contributed by atoms with Gasteiger partial charge in [-0.25, -0.2) is 9.37 Å². The second kappa shape index (κ2) is 8.14. The molecule has 0 aliphatic carbocycles. The van der Waals surface area contributed by atoms with Crippen molar-refractivity contribution in [2.75, 3.05) is 51.4 Å². The third kappa shape index (κ3) is 4.37. The molecule has 1 N–H and O–H groups in total. The molecular formula is C19H25ClFN5O3. The molecule has 158 valence electrons. The molecule has 2 atom stereocenters. The molecule has 2 saturated heterocycles. The zero-order valence-electron chi connectivity index (χ0n) is 16.6. The molecule has 29 heavy (non-hydrogen) atoms. The molecule has 0 spiro atoms. The molecule has 2 fully saturated rings. The highest BCUT2D eigenvalue weighted by Gasteiger charge is 2.30. The first-order valence-electron chi connectivity index (χ1n) is 9.74. The second-order valence-electron chi connectivity index (χ2n) is 8.01. The first kappa shape index (κ1) is 20.5. The molecule has 0 aromatic carbocycles. The van der Waals surface area contributed by atoms with Crippen LogP contribution in [0.1, 0.15) is 19.8 Å². The van der Waals surface area contributed by atoms with Crippen molar-refractivity contribution in [2.24, 2.45) is 0 Å². The van der Waals surface area contributed by atoms with Crippen LogP contribution in [0.4, 0.5) is 10.2 Å². The van der Waals surface area contributed by atoms with E-state index in [9.17, 15) is 9.50 Å². The summed E-state index contributed by atoms with van der Waals surface area (Å²) in [6.45, 7) is 4.51. The number of pyridine rings is 1. The number of hydrogen-bond donors (Lipinski definition) is 1. The molecule has 0 radical (unpaired) electrons. The lowest BCUT2D eigenvalue weighted by Gasteiger charge is -2.29. The van der Waals surface area contributed by atoms with Crippen LogP contribution < -0.4 is 9.64 Å². The minimum Gasteiger partial charge on any atom is -0.462 e. The maximum atomic E-state index is 14.7. The average Bonchev–Trinajstić information content (AvgIpc) is 3.00. The van der Waals surface area contributed by atoms with Gasteiger partial charge in [0.2, 0.25) is 0 Å². The molecule has 10 heteroatoms. The fraction of sp³-hybridized carbons (Fsp3) is 0.632. The summed E-state index contributed by atoms with van der Waals surface area (Å²) in [6.07, 6.45) is 3.60. The molecule has 2 aliphatic heterocycles. The van der Waals surface area contributed by atoms with Gasteiger partial charge in [0, 0.05) is 18.8 Å². The van der Waals surface area contributed by atoms with E-state index in [2.05, 4.69) is 26.9 Å². The van der Waals surface area contributed by atoms with E-state index < -0.39 is 11.4 Å². The Morgan fingerprint density at radius 2 is 2.24 bits per heavy atom. The van der Waals surface area contributed by atoms with Crippen LogP contribution in [0.15, 0.2) is 6.20 Å². The topological polar surface area (TPSA) is 83.8 Å². The number of likely N-dealkylation sites (tertiary alicyclic amines) is 1. The van der Waals surface area contributed by atoms with Gasteiger partial charge in [0.25, 0.3) is 0 Å². The van der Waals surface area contributed by atoms with E-state index in [4.69, 9.17) is 21.1 Å². The SMILES string of the molecule is CN1CCC[C@H]1COc1nc(N2CCOCC(C)(O)C2)c2cnc(Cl)c(F)c2n1. The lowest BCUT2D eigenvalue weighted by Crippen LogP contribution is -2.42. The van der Waals surface area contributed by atoms with Crippen LogP contribution in [0.25, 0.3) is 10.9 Å². The molecule has 4 rings (SSSR count). The third-order valence-electron chi connectivity index (χ3n) is 5.43. The molecular weight excluding hydrogens is 401 g/mol. The monoisotopic (exact) mass is 425 g/mol. The Labute approximate surface area is 173 Å². The smallest absolute Gasteiger partial charge is 0.319 e. The summed E-state index contributed by atoms with van der Waals surface area (Å²) in [5.74, 6) is -0.271. The molecule has 1 unspecified atom stereocenters. The van der Waals surface area contributed by atoms with Crippen LogP contribution in [0.5, 0.6) is 6.01 Å². The van der Waals surface area contributed by atoms with Gasteiger partial charge in [-0.2, -0.15) is 9.97 Å². The van der Waals surface area contributed by atoms with E-state index >= 15 is 0 Å². The standard InChI is InChI=1S/C19H25ClFN5O3/c1-19(27)10-26(6-7-28-11-19)17-13-8-22-16(20)14(21)15(13)23-18(24-17)29-9-12-4-3-5-25(12)2/h8,12,27H,3-7,9-11H2,1-2H3/t12-,19?/m0/s1. The Bertz CT molecular complexity index is 900. The summed E-state index contributed by atoms with van der Waals surface area (Å²) in [7, 11) is 2.05. The van der Waals surface area contributed by atoms with Gasteiger partial charge in [0.1, 0.15) is 23.5 Å². The number of rotatable bonds is 4. The van der Waals surface area contributed by atoms with E-state index in [1.54, 1.807) is 6.92 Å². The van der Waals surface area contributed by atoms with Gasteiger partial charge < -0.3 is 24.4 Å². The van der Waals surface area contributed by atoms with Crippen LogP contribution in [-0.4, -0.2) is 83.1 Å². The molecule has 2 aromatic rings. The summed E-state index contributed by atoms with van der Waals surface area (Å²) < 4.78 is 26.1. The number of aliphatic hydroxyl groups is 1. The van der Waals surface area contributed by atoms with Gasteiger partial charge in [-0.3, -0.25) is 0 Å². The fourth-order valence-corrected chi connectivity index (χ4v) is 3.99. The number of likely N-dealkylation sites (N-methyl/N-ethyl adjacent to an activating group) is 1. The molecule has 0 bridgehead atoms. The van der Waals surface area contributed by atoms with Gasteiger partial charge in [0.05, 0.1) is 25.1 Å². The van der Waals surface area contributed by atoms with E-state index in [0.29, 0.717) is 31.0 Å². The quantitative estimate of drug-likeness (QED) is 0.743. The number of halogens is 2. The predicted molar refractivity (Wildman–Crippen MR) is 107 cm³/mol. The van der Waals surface area contributed by atoms with Crippen molar-refractivity contribution in [3.63, 3.8) is 0 Å². The Morgan fingerprint density at radius 3 is 3.00 bits per heavy atom. The van der Waals surface area contributed by atoms with E-state index in [1.807, 2.05) is 4.90 Å². The van der Waals surface area contributed by atoms with Crippen LogP contribution >= 0.6 is 11.6 Å². The zero-order valence-corrected chi connectivity index (χ0v) is 17.3. The Hall–Kier alpha value is -1.81. The number of aromatic nitrogens is 3. The zero-order chi connectivity index (χ0) is 20.6. The number of nitrogens with zero attached hydrogens (tertiary/aromatic N) is 5. The predicted octanol–water partition coefficient (Wildman–Crippen LogP) is 1.88. The number of anilines is 1. The van der Waals surface area contributed by atoms with Gasteiger partial charge in [-0.1, -0.05) is 11.6 Å². The molecule has 4 heterocycles. The van der Waals surface area contributed by atoms with Crippen LogP contribution in [0.2, 0.25) is 5.15 Å². The maximum Gasteiger partial charge on any atom is 0.319 e. The third-order valence-corrected chi connectivity index (χ3v) is 5.69. The minimum atomic E-state index is -1.07. The van der Waals surface area contributed by atoms with Gasteiger partial charge in [-0.05, 0) is 33.4 Å². The van der Waals surface area contributed by atoms with Gasteiger partial charge >= 0.3 is 6.01 Å². The van der Waals surface area contributed by atoms with Crippen molar-refractivity contribution in [2.45, 2.75) is 31.4 Å². The summed E-state index contributed by atoms with van der Waals surface area (Å²) in [5, 5.41) is 10.7. The molecule has 0 saturated carbocycles. The van der Waals surface area contributed by atoms with Crippen LogP contribution in [0.3, 0.4) is 0 Å². The van der Waals surface area contributed by atoms with E-state index in [1.165, 1.54) is 6.20 Å². The second-order valence-corrected chi connectivity index (χ2v) is 8.37. The van der Waals surface area contributed by atoms with E-state index in [-0.39, 0.29) is 35.9 Å². The number of hydrogen-bond acceptors (Lipinski definition) is 8. The number of β-amino-alcohol motifs (C(OH)–C–C–N with tert-alkyl or cyclic N) is 1. The Kier molecular flexibility index (Phi) is 5.74. The van der Waals surface area contributed by atoms with E-state index in [0.717, 1.165) is 19.4 Å². The minimum absolute atomic E-state index is 0.0505. The normalized spacial score (nSPS) is 26.1. The maximum absolute atomic E-state index is 14.7. The molecule has 0 amide bonds. The summed E-state index contributed by atoms with van der Waals surface area (Å²) in [6, 6.07) is 0.356. The summed E-state index contributed by atoms with van der Waals surface area (Å²) in [5.41, 5.74) is -1.02. The van der Waals surface area contributed by atoms with Crippen molar-refractivity contribution in [1.29, 1.82) is 0 Å². The number of ether oxygens (including phenoxy) is 2. The van der Waals surface area contributed by atoms with Crippen LogP contribution in [0, 0.1) is 5.82 Å². The Balaban J connectivity index is 1.72. The first-order valence-corrected chi connectivity index (χ1v) is 10.1. The Morgan fingerprint density at radius 1 is 1.41 bits per heavy atom. The van der Waals surface area contributed by atoms with Crippen molar-refractivity contribution >= 4 is 28.3 Å². The highest BCUT2D eigenvalue weighted by atomic mass is 35.5. The first-order chi connectivity index (χ1) is 13.8. The van der Waals surface area contributed by atoms with Crippen molar-refractivity contribution < 1.29 is 19.0 Å². The van der Waals surface area contributed by atoms with Gasteiger partial charge in [0.15, 0.2) is 11.0 Å². The lowest BCUT2D eigenvalue weighted by molar-refractivity contribution is -0.0123. The fourth-order valence-electron chi connectivity index (χ4n) is 3.85. The largest absolute Gasteiger partial charge is 0.462 e. The van der Waals surface area contributed by atoms with Crippen molar-refractivity contribution in [1.82, 2.24) is 19.9 Å². The van der Waals surface area contributed by atoms with Crippen molar-refractivity contribution in [3.05, 3.63) is 17.2 Å². The highest BCUT2D eigenvalue weighted by Crippen LogP contribution is 2.31. The molecule has 2 aromatic heterocycles. The highest BCUT2D eigenvalue weighted by molar-refractivity contribution is 6.30. The van der Waals surface area contributed by atoms with Crippen LogP contribution in [-0.2, 0) is 4.74 Å². The molecule has 8 nitrogen and oxygen atoms in total. The van der Waals surface area contributed by atoms with Crippen molar-refractivity contribution in [3.8, 4) is 6.01 Å².